The molecule has 5 nitrogen and oxygen atoms in total. The lowest BCUT2D eigenvalue weighted by Gasteiger charge is -2.17. The van der Waals surface area contributed by atoms with Crippen LogP contribution in [0.4, 0.5) is 5.69 Å². The van der Waals surface area contributed by atoms with Crippen LogP contribution in [0.5, 0.6) is 0 Å². The van der Waals surface area contributed by atoms with Gasteiger partial charge in [-0.2, -0.15) is 0 Å². The van der Waals surface area contributed by atoms with E-state index in [2.05, 4.69) is 108 Å². The van der Waals surface area contributed by atoms with Gasteiger partial charge in [-0.3, -0.25) is 4.98 Å². The van der Waals surface area contributed by atoms with Gasteiger partial charge in [0.15, 0.2) is 23.2 Å². The number of benzene rings is 9. The Labute approximate surface area is 346 Å². The minimum atomic E-state index is 0.620. The van der Waals surface area contributed by atoms with Crippen LogP contribution in [0.15, 0.2) is 200 Å². The first-order valence-corrected chi connectivity index (χ1v) is 19.9. The third kappa shape index (κ3) is 6.03. The standard InChI is InChI=1S/C55H33N5/c1-56-40-27-25-35(26-28-40)48-33-50-47-24-13-31-57-52(47)51(34-49(50)45-23-11-10-22-44(45)48)46-30-29-41(42-20-8-9-21-43(42)46)38-18-12-19-39(32-38)55-59-53(36-14-4-2-5-15-36)58-54(60-55)37-16-6-3-7-17-37/h2-34H. The molecule has 0 aliphatic carbocycles. The van der Waals surface area contributed by atoms with Crippen molar-refractivity contribution in [3.63, 3.8) is 0 Å². The van der Waals surface area contributed by atoms with Crippen LogP contribution < -0.4 is 0 Å². The Kier molecular flexibility index (Phi) is 8.46. The van der Waals surface area contributed by atoms with Crippen molar-refractivity contribution in [2.24, 2.45) is 0 Å². The average Bonchev–Trinajstić information content (AvgIpc) is 3.33. The highest BCUT2D eigenvalue weighted by Gasteiger charge is 2.19. The maximum atomic E-state index is 7.46. The fourth-order valence-corrected chi connectivity index (χ4v) is 8.53. The Bertz CT molecular complexity index is 3420. The maximum absolute atomic E-state index is 7.46. The zero-order valence-corrected chi connectivity index (χ0v) is 32.3. The summed E-state index contributed by atoms with van der Waals surface area (Å²) in [6, 6.07) is 67.1. The van der Waals surface area contributed by atoms with Crippen molar-refractivity contribution < 1.29 is 0 Å². The van der Waals surface area contributed by atoms with E-state index in [4.69, 9.17) is 26.5 Å². The second kappa shape index (κ2) is 14.6. The van der Waals surface area contributed by atoms with Crippen molar-refractivity contribution in [3.8, 4) is 67.5 Å². The van der Waals surface area contributed by atoms with E-state index in [0.717, 1.165) is 77.1 Å². The number of fused-ring (bicyclic) bond motifs is 6. The van der Waals surface area contributed by atoms with E-state index >= 15 is 0 Å². The third-order valence-electron chi connectivity index (χ3n) is 11.4. The molecule has 0 atom stereocenters. The van der Waals surface area contributed by atoms with Gasteiger partial charge in [0.1, 0.15) is 0 Å². The number of hydrogen-bond acceptors (Lipinski definition) is 4. The van der Waals surface area contributed by atoms with Gasteiger partial charge in [-0.15, -0.1) is 0 Å². The molecule has 5 heteroatoms. The first kappa shape index (κ1) is 34.9. The summed E-state index contributed by atoms with van der Waals surface area (Å²) in [4.78, 5) is 23.6. The molecule has 0 radical (unpaired) electrons. The van der Waals surface area contributed by atoms with Gasteiger partial charge in [0.05, 0.1) is 12.1 Å². The average molecular weight is 764 g/mol. The highest BCUT2D eigenvalue weighted by Crippen LogP contribution is 2.44. The van der Waals surface area contributed by atoms with Crippen LogP contribution in [0.1, 0.15) is 0 Å². The van der Waals surface area contributed by atoms with E-state index in [1.807, 2.05) is 97.2 Å². The SMILES string of the molecule is [C-]#[N+]c1ccc(-c2cc3c4cccnc4c(-c4ccc(-c5cccc(-c6nc(-c7ccccc7)nc(-c7ccccc7)n6)c5)c5ccccc45)cc3c3ccccc23)cc1. The van der Waals surface area contributed by atoms with Crippen molar-refractivity contribution in [2.75, 3.05) is 0 Å². The van der Waals surface area contributed by atoms with Crippen molar-refractivity contribution in [1.82, 2.24) is 19.9 Å². The van der Waals surface area contributed by atoms with E-state index < -0.39 is 0 Å². The molecular formula is C55H33N5. The molecule has 278 valence electrons. The van der Waals surface area contributed by atoms with Crippen LogP contribution in [0, 0.1) is 6.57 Å². The van der Waals surface area contributed by atoms with Crippen LogP contribution in [0.25, 0.3) is 116 Å². The molecule has 0 fully saturated rings. The van der Waals surface area contributed by atoms with Gasteiger partial charge in [0.2, 0.25) is 0 Å². The van der Waals surface area contributed by atoms with Crippen molar-refractivity contribution >= 4 is 48.9 Å². The topological polar surface area (TPSA) is 55.9 Å². The molecule has 11 rings (SSSR count). The Balaban J connectivity index is 1.08. The molecule has 0 aliphatic heterocycles. The van der Waals surface area contributed by atoms with E-state index in [9.17, 15) is 0 Å². The van der Waals surface area contributed by atoms with E-state index in [1.165, 1.54) is 16.2 Å². The third-order valence-corrected chi connectivity index (χ3v) is 11.4. The zero-order chi connectivity index (χ0) is 40.0. The quantitative estimate of drug-likeness (QED) is 0.125. The largest absolute Gasteiger partial charge is 0.256 e. The first-order valence-electron chi connectivity index (χ1n) is 19.9. The van der Waals surface area contributed by atoms with Gasteiger partial charge in [0.25, 0.3) is 0 Å². The zero-order valence-electron chi connectivity index (χ0n) is 32.3. The minimum absolute atomic E-state index is 0.620. The van der Waals surface area contributed by atoms with Crippen molar-refractivity contribution in [3.05, 3.63) is 212 Å². The highest BCUT2D eigenvalue weighted by molar-refractivity contribution is 6.24. The molecule has 0 saturated carbocycles. The van der Waals surface area contributed by atoms with Crippen LogP contribution in [0.2, 0.25) is 0 Å². The van der Waals surface area contributed by atoms with E-state index in [0.29, 0.717) is 23.2 Å². The summed E-state index contributed by atoms with van der Waals surface area (Å²) in [7, 11) is 0. The fourth-order valence-electron chi connectivity index (χ4n) is 8.53. The lowest BCUT2D eigenvalue weighted by molar-refractivity contribution is 1.07. The molecular weight excluding hydrogens is 731 g/mol. The molecule has 2 aromatic heterocycles. The maximum Gasteiger partial charge on any atom is 0.187 e. The Hall–Kier alpha value is -8.33. The molecule has 0 aliphatic rings. The van der Waals surface area contributed by atoms with Crippen LogP contribution in [-0.2, 0) is 0 Å². The predicted molar refractivity (Wildman–Crippen MR) is 247 cm³/mol. The van der Waals surface area contributed by atoms with Gasteiger partial charge in [-0.05, 0) is 84.4 Å². The number of nitrogens with zero attached hydrogens (tertiary/aromatic N) is 5. The highest BCUT2D eigenvalue weighted by atomic mass is 15.0. The summed E-state index contributed by atoms with van der Waals surface area (Å²) in [5, 5.41) is 8.04. The molecule has 0 spiro atoms. The van der Waals surface area contributed by atoms with E-state index in [1.54, 1.807) is 0 Å². The number of aromatic nitrogens is 4. The fraction of sp³-hybridized carbons (Fsp3) is 0. The summed E-state index contributed by atoms with van der Waals surface area (Å²) in [6.07, 6.45) is 1.89. The molecule has 2 heterocycles. The molecule has 60 heavy (non-hydrogen) atoms. The smallest absolute Gasteiger partial charge is 0.187 e. The normalized spacial score (nSPS) is 11.3. The lowest BCUT2D eigenvalue weighted by atomic mass is 9.87. The lowest BCUT2D eigenvalue weighted by Crippen LogP contribution is -2.00. The van der Waals surface area contributed by atoms with Gasteiger partial charge < -0.3 is 0 Å². The predicted octanol–water partition coefficient (Wildman–Crippen LogP) is 14.4. The molecule has 0 amide bonds. The van der Waals surface area contributed by atoms with Crippen LogP contribution in [0.3, 0.4) is 0 Å². The second-order valence-electron chi connectivity index (χ2n) is 14.9. The van der Waals surface area contributed by atoms with Crippen molar-refractivity contribution in [2.45, 2.75) is 0 Å². The van der Waals surface area contributed by atoms with Gasteiger partial charge in [-0.25, -0.2) is 19.8 Å². The van der Waals surface area contributed by atoms with Gasteiger partial charge in [-0.1, -0.05) is 170 Å². The van der Waals surface area contributed by atoms with Crippen molar-refractivity contribution in [1.29, 1.82) is 0 Å². The molecule has 0 unspecified atom stereocenters. The summed E-state index contributed by atoms with van der Waals surface area (Å²) in [6.45, 7) is 7.46. The Morgan fingerprint density at radius 3 is 1.48 bits per heavy atom. The summed E-state index contributed by atoms with van der Waals surface area (Å²) < 4.78 is 0. The number of pyridine rings is 1. The first-order chi connectivity index (χ1) is 29.7. The Morgan fingerprint density at radius 1 is 0.317 bits per heavy atom. The molecule has 0 saturated heterocycles. The summed E-state index contributed by atoms with van der Waals surface area (Å²) in [5.41, 5.74) is 11.0. The molecule has 0 bridgehead atoms. The molecule has 9 aromatic carbocycles. The number of rotatable bonds is 6. The van der Waals surface area contributed by atoms with Gasteiger partial charge >= 0.3 is 0 Å². The Morgan fingerprint density at radius 2 is 0.817 bits per heavy atom. The summed E-state index contributed by atoms with van der Waals surface area (Å²) >= 11 is 0. The van der Waals surface area contributed by atoms with E-state index in [-0.39, 0.29) is 0 Å². The molecule has 0 N–H and O–H groups in total. The molecule has 11 aromatic rings. The minimum Gasteiger partial charge on any atom is -0.256 e. The number of hydrogen-bond donors (Lipinski definition) is 0. The van der Waals surface area contributed by atoms with Crippen LogP contribution >= 0.6 is 0 Å². The summed E-state index contributed by atoms with van der Waals surface area (Å²) in [5.74, 6) is 1.89. The monoisotopic (exact) mass is 763 g/mol. The van der Waals surface area contributed by atoms with Crippen LogP contribution in [-0.4, -0.2) is 19.9 Å². The van der Waals surface area contributed by atoms with Gasteiger partial charge in [0, 0.05) is 33.8 Å². The second-order valence-corrected chi connectivity index (χ2v) is 14.9.